The molecular weight excluding hydrogens is 349 g/mol. The van der Waals surface area contributed by atoms with Gasteiger partial charge in [-0.05, 0) is 57.9 Å². The zero-order valence-electron chi connectivity index (χ0n) is 15.7. The number of hydrogen-bond acceptors (Lipinski definition) is 4. The number of benzene rings is 1. The van der Waals surface area contributed by atoms with Crippen molar-refractivity contribution in [3.05, 3.63) is 47.5 Å². The summed E-state index contributed by atoms with van der Waals surface area (Å²) in [6.07, 6.45) is 3.08. The minimum absolute atomic E-state index is 0.138. The minimum atomic E-state index is -0.347. The van der Waals surface area contributed by atoms with Crippen molar-refractivity contribution in [1.29, 1.82) is 0 Å². The van der Waals surface area contributed by atoms with Crippen LogP contribution in [0.4, 0.5) is 4.39 Å². The number of rotatable bonds is 6. The van der Waals surface area contributed by atoms with Crippen LogP contribution in [0, 0.1) is 24.6 Å². The third kappa shape index (κ3) is 3.86. The molecule has 1 unspecified atom stereocenters. The highest BCUT2D eigenvalue weighted by atomic mass is 19.1. The lowest BCUT2D eigenvalue weighted by molar-refractivity contribution is -0.158. The monoisotopic (exact) mass is 373 g/mol. The molecule has 1 saturated carbocycles. The Balaban J connectivity index is 1.68. The van der Waals surface area contributed by atoms with Crippen LogP contribution in [-0.4, -0.2) is 28.3 Å². The van der Waals surface area contributed by atoms with Gasteiger partial charge in [0.1, 0.15) is 5.82 Å². The molecule has 1 aromatic carbocycles. The van der Waals surface area contributed by atoms with Gasteiger partial charge in [-0.3, -0.25) is 9.59 Å². The lowest BCUT2D eigenvalue weighted by Crippen LogP contribution is -2.45. The fourth-order valence-electron chi connectivity index (χ4n) is 3.43. The van der Waals surface area contributed by atoms with E-state index < -0.39 is 0 Å². The van der Waals surface area contributed by atoms with E-state index >= 15 is 0 Å². The van der Waals surface area contributed by atoms with E-state index in [1.807, 2.05) is 13.8 Å². The van der Waals surface area contributed by atoms with Crippen molar-refractivity contribution in [2.75, 3.05) is 6.61 Å². The van der Waals surface area contributed by atoms with Crippen LogP contribution in [0.3, 0.4) is 0 Å². The molecule has 6 nitrogen and oxygen atoms in total. The van der Waals surface area contributed by atoms with Gasteiger partial charge in [0.05, 0.1) is 36.4 Å². The number of nitrogens with zero attached hydrogens (tertiary/aromatic N) is 2. The molecule has 0 saturated heterocycles. The molecular formula is C20H24FN3O3. The summed E-state index contributed by atoms with van der Waals surface area (Å²) < 4.78 is 19.9. The molecule has 0 spiro atoms. The smallest absolute Gasteiger partial charge is 0.309 e. The fourth-order valence-corrected chi connectivity index (χ4v) is 3.43. The summed E-state index contributed by atoms with van der Waals surface area (Å²) in [7, 11) is 0. The van der Waals surface area contributed by atoms with Crippen molar-refractivity contribution in [1.82, 2.24) is 15.1 Å². The predicted molar refractivity (Wildman–Crippen MR) is 97.7 cm³/mol. The molecule has 144 valence electrons. The van der Waals surface area contributed by atoms with Gasteiger partial charge in [-0.25, -0.2) is 9.07 Å². The average Bonchev–Trinajstić information content (AvgIpc) is 2.96. The van der Waals surface area contributed by atoms with Crippen molar-refractivity contribution in [2.24, 2.45) is 11.8 Å². The Bertz CT molecular complexity index is 831. The first-order valence-electron chi connectivity index (χ1n) is 9.19. The molecule has 3 rings (SSSR count). The molecule has 1 aromatic heterocycles. The fraction of sp³-hybridized carbons (Fsp3) is 0.450. The number of halogens is 1. The number of aromatic nitrogens is 2. The van der Waals surface area contributed by atoms with Crippen LogP contribution in [0.5, 0.6) is 0 Å². The van der Waals surface area contributed by atoms with E-state index in [9.17, 15) is 14.0 Å². The molecule has 0 aliphatic heterocycles. The molecule has 3 atom stereocenters. The van der Waals surface area contributed by atoms with Crippen LogP contribution in [0.2, 0.25) is 0 Å². The quantitative estimate of drug-likeness (QED) is 0.790. The highest BCUT2D eigenvalue weighted by molar-refractivity contribution is 5.87. The molecule has 0 radical (unpaired) electrons. The van der Waals surface area contributed by atoms with Gasteiger partial charge in [-0.2, -0.15) is 5.10 Å². The topological polar surface area (TPSA) is 73.2 Å². The van der Waals surface area contributed by atoms with Crippen molar-refractivity contribution < 1.29 is 18.7 Å². The summed E-state index contributed by atoms with van der Waals surface area (Å²) >= 11 is 0. The molecule has 0 bridgehead atoms. The molecule has 7 heteroatoms. The van der Waals surface area contributed by atoms with E-state index in [0.717, 1.165) is 16.9 Å². The first kappa shape index (κ1) is 19.1. The van der Waals surface area contributed by atoms with E-state index in [2.05, 4.69) is 10.4 Å². The van der Waals surface area contributed by atoms with Crippen molar-refractivity contribution in [3.63, 3.8) is 0 Å². The van der Waals surface area contributed by atoms with Crippen LogP contribution >= 0.6 is 0 Å². The largest absolute Gasteiger partial charge is 0.466 e. The standard InChI is InChI=1S/C20H24FN3O3/c1-4-27-20(26)17-10-9-16(17)19(25)23-12(2)18-11-22-24(13(18)3)15-7-5-14(21)6-8-15/h5-8,11-12,16-17H,4,9-10H2,1-3H3,(H,23,25)/t12?,16-,17+/m0/s1. The average molecular weight is 373 g/mol. The molecule has 1 aliphatic rings. The normalized spacial score (nSPS) is 19.9. The van der Waals surface area contributed by atoms with Crippen LogP contribution in [-0.2, 0) is 14.3 Å². The molecule has 1 aliphatic carbocycles. The Morgan fingerprint density at radius 2 is 1.96 bits per heavy atom. The number of nitrogens with one attached hydrogen (secondary N) is 1. The van der Waals surface area contributed by atoms with Crippen LogP contribution in [0.15, 0.2) is 30.5 Å². The lowest BCUT2D eigenvalue weighted by atomic mass is 9.73. The Labute approximate surface area is 157 Å². The van der Waals surface area contributed by atoms with Crippen LogP contribution in [0.25, 0.3) is 5.69 Å². The predicted octanol–water partition coefficient (Wildman–Crippen LogP) is 3.09. The second-order valence-electron chi connectivity index (χ2n) is 6.85. The van der Waals surface area contributed by atoms with Crippen molar-refractivity contribution >= 4 is 11.9 Å². The number of esters is 1. The summed E-state index contributed by atoms with van der Waals surface area (Å²) in [6.45, 7) is 5.87. The van der Waals surface area contributed by atoms with Crippen molar-refractivity contribution in [3.8, 4) is 5.69 Å². The van der Waals surface area contributed by atoms with Gasteiger partial charge in [0.15, 0.2) is 0 Å². The number of ether oxygens (including phenoxy) is 1. The third-order valence-corrected chi connectivity index (χ3v) is 5.14. The summed E-state index contributed by atoms with van der Waals surface area (Å²) in [5.74, 6) is -1.42. The van der Waals surface area contributed by atoms with Gasteiger partial charge >= 0.3 is 5.97 Å². The third-order valence-electron chi connectivity index (χ3n) is 5.14. The van der Waals surface area contributed by atoms with E-state index in [0.29, 0.717) is 19.4 Å². The van der Waals surface area contributed by atoms with Gasteiger partial charge in [0, 0.05) is 11.3 Å². The highest BCUT2D eigenvalue weighted by Gasteiger charge is 2.42. The Morgan fingerprint density at radius 1 is 1.30 bits per heavy atom. The van der Waals surface area contributed by atoms with E-state index in [4.69, 9.17) is 4.74 Å². The Kier molecular flexibility index (Phi) is 5.58. The maximum atomic E-state index is 13.1. The Morgan fingerprint density at radius 3 is 2.56 bits per heavy atom. The number of carbonyl (C=O) groups excluding carboxylic acids is 2. The van der Waals surface area contributed by atoms with Gasteiger partial charge in [0.2, 0.25) is 5.91 Å². The second kappa shape index (κ2) is 7.90. The summed E-state index contributed by atoms with van der Waals surface area (Å²) in [6, 6.07) is 5.82. The second-order valence-corrected chi connectivity index (χ2v) is 6.85. The van der Waals surface area contributed by atoms with Gasteiger partial charge < -0.3 is 10.1 Å². The Hall–Kier alpha value is -2.70. The van der Waals surface area contributed by atoms with Gasteiger partial charge in [-0.1, -0.05) is 0 Å². The zero-order valence-corrected chi connectivity index (χ0v) is 15.7. The molecule has 2 aromatic rings. The lowest BCUT2D eigenvalue weighted by Gasteiger charge is -2.34. The van der Waals surface area contributed by atoms with Crippen molar-refractivity contribution in [2.45, 2.75) is 39.7 Å². The zero-order chi connectivity index (χ0) is 19.6. The van der Waals surface area contributed by atoms with Gasteiger partial charge in [0.25, 0.3) is 0 Å². The SMILES string of the molecule is CCOC(=O)[C@@H]1CC[C@@H]1C(=O)NC(C)c1cnn(-c2ccc(F)cc2)c1C. The summed E-state index contributed by atoms with van der Waals surface area (Å²) in [4.78, 5) is 24.5. The molecule has 1 heterocycles. The van der Waals surface area contributed by atoms with E-state index in [1.165, 1.54) is 12.1 Å². The first-order chi connectivity index (χ1) is 12.9. The maximum Gasteiger partial charge on any atom is 0.309 e. The maximum absolute atomic E-state index is 13.1. The van der Waals surface area contributed by atoms with Crippen LogP contribution < -0.4 is 5.32 Å². The van der Waals surface area contributed by atoms with E-state index in [1.54, 1.807) is 29.9 Å². The number of amides is 1. The molecule has 1 amide bonds. The minimum Gasteiger partial charge on any atom is -0.466 e. The number of hydrogen-bond donors (Lipinski definition) is 1. The molecule has 1 fully saturated rings. The molecule has 1 N–H and O–H groups in total. The summed E-state index contributed by atoms with van der Waals surface area (Å²) in [5.41, 5.74) is 2.49. The highest BCUT2D eigenvalue weighted by Crippen LogP contribution is 2.36. The van der Waals surface area contributed by atoms with E-state index in [-0.39, 0.29) is 35.6 Å². The molecule has 27 heavy (non-hydrogen) atoms. The first-order valence-corrected chi connectivity index (χ1v) is 9.19. The van der Waals surface area contributed by atoms with Gasteiger partial charge in [-0.15, -0.1) is 0 Å². The number of carbonyl (C=O) groups is 2. The summed E-state index contributed by atoms with van der Waals surface area (Å²) in [5, 5.41) is 7.34. The van der Waals surface area contributed by atoms with Crippen LogP contribution in [0.1, 0.15) is 44.0 Å².